The molecule has 0 aliphatic carbocycles. The summed E-state index contributed by atoms with van der Waals surface area (Å²) in [7, 11) is 0. The smallest absolute Gasteiger partial charge is 0.323 e. The lowest BCUT2D eigenvalue weighted by molar-refractivity contribution is 0.262. The predicted octanol–water partition coefficient (Wildman–Crippen LogP) is 10.8. The SMILES string of the molecule is Nc1ccccc1-c1nc2ccccc2s1.O=C(Nc1ccccc1)Nc1ccccc1-c1nc2ccccc2s1.O=C=Nc1ccccc1. The van der Waals surface area contributed by atoms with Gasteiger partial charge in [0, 0.05) is 22.5 Å². The summed E-state index contributed by atoms with van der Waals surface area (Å²) in [6.07, 6.45) is 1.46. The van der Waals surface area contributed by atoms with Crippen LogP contribution < -0.4 is 16.4 Å². The van der Waals surface area contributed by atoms with Crippen LogP contribution in [0.3, 0.4) is 0 Å². The monoisotopic (exact) mass is 690 g/mol. The molecule has 244 valence electrons. The van der Waals surface area contributed by atoms with Gasteiger partial charge in [-0.3, -0.25) is 0 Å². The number of aliphatic imine (C=N–C) groups is 1. The summed E-state index contributed by atoms with van der Waals surface area (Å²) in [5.41, 5.74) is 12.8. The summed E-state index contributed by atoms with van der Waals surface area (Å²) in [6.45, 7) is 0. The predicted molar refractivity (Wildman–Crippen MR) is 208 cm³/mol. The van der Waals surface area contributed by atoms with Gasteiger partial charge >= 0.3 is 6.03 Å². The van der Waals surface area contributed by atoms with E-state index < -0.39 is 0 Å². The molecule has 0 aliphatic heterocycles. The standard InChI is InChI=1S/C20H15N3OS.C13H10N2S.C7H5NO/c24-20(21-14-8-2-1-3-9-14)23-16-11-5-4-10-15(16)19-22-17-12-6-7-13-18(17)25-19;14-10-6-2-1-5-9(10)13-15-11-7-3-4-8-12(11)16-13;9-6-8-7-4-2-1-3-5-7/h1-13H,(H2,21,23,24);1-8H,14H2;1-5H. The number of rotatable bonds is 5. The van der Waals surface area contributed by atoms with E-state index in [0.29, 0.717) is 5.69 Å². The van der Waals surface area contributed by atoms with Gasteiger partial charge in [0.05, 0.1) is 31.8 Å². The van der Waals surface area contributed by atoms with Crippen molar-refractivity contribution in [2.45, 2.75) is 0 Å². The van der Waals surface area contributed by atoms with Crippen molar-refractivity contribution in [3.63, 3.8) is 0 Å². The third kappa shape index (κ3) is 8.71. The molecule has 0 unspecified atom stereocenters. The van der Waals surface area contributed by atoms with Crippen molar-refractivity contribution in [3.8, 4) is 21.1 Å². The number of hydrogen-bond donors (Lipinski definition) is 3. The minimum absolute atomic E-state index is 0.278. The number of urea groups is 1. The van der Waals surface area contributed by atoms with Crippen LogP contribution in [0.15, 0.2) is 163 Å². The van der Waals surface area contributed by atoms with E-state index in [2.05, 4.69) is 37.7 Å². The van der Waals surface area contributed by atoms with Crippen molar-refractivity contribution < 1.29 is 9.59 Å². The molecule has 50 heavy (non-hydrogen) atoms. The van der Waals surface area contributed by atoms with Crippen LogP contribution in [0.5, 0.6) is 0 Å². The maximum atomic E-state index is 12.3. The molecule has 0 radical (unpaired) electrons. The fraction of sp³-hybridized carbons (Fsp3) is 0. The molecule has 6 aromatic carbocycles. The van der Waals surface area contributed by atoms with E-state index in [9.17, 15) is 9.59 Å². The largest absolute Gasteiger partial charge is 0.398 e. The Morgan fingerprint density at radius 2 is 1.08 bits per heavy atom. The van der Waals surface area contributed by atoms with Crippen LogP contribution in [0.4, 0.5) is 27.5 Å². The van der Waals surface area contributed by atoms with E-state index in [0.717, 1.165) is 53.9 Å². The maximum Gasteiger partial charge on any atom is 0.323 e. The lowest BCUT2D eigenvalue weighted by Crippen LogP contribution is -2.19. The lowest BCUT2D eigenvalue weighted by atomic mass is 10.2. The quantitative estimate of drug-likeness (QED) is 0.0942. The maximum absolute atomic E-state index is 12.3. The number of anilines is 3. The molecule has 0 saturated heterocycles. The Kier molecular flexibility index (Phi) is 11.1. The number of hydrogen-bond acceptors (Lipinski definition) is 8. The van der Waals surface area contributed by atoms with Gasteiger partial charge in [-0.15, -0.1) is 22.7 Å². The summed E-state index contributed by atoms with van der Waals surface area (Å²) in [5, 5.41) is 7.62. The molecule has 0 fully saturated rings. The highest BCUT2D eigenvalue weighted by Gasteiger charge is 2.12. The summed E-state index contributed by atoms with van der Waals surface area (Å²) >= 11 is 3.29. The average Bonchev–Trinajstić information content (AvgIpc) is 3.79. The molecule has 10 heteroatoms. The minimum Gasteiger partial charge on any atom is -0.398 e. The molecule has 2 amide bonds. The van der Waals surface area contributed by atoms with Crippen LogP contribution >= 0.6 is 22.7 Å². The van der Waals surface area contributed by atoms with Crippen molar-refractivity contribution >= 4 is 78.0 Å². The van der Waals surface area contributed by atoms with Crippen LogP contribution in [0.1, 0.15) is 0 Å². The zero-order valence-corrected chi connectivity index (χ0v) is 28.2. The van der Waals surface area contributed by atoms with Gasteiger partial charge in [-0.25, -0.2) is 19.6 Å². The zero-order valence-electron chi connectivity index (χ0n) is 26.6. The van der Waals surface area contributed by atoms with Gasteiger partial charge in [0.1, 0.15) is 10.0 Å². The third-order valence-corrected chi connectivity index (χ3v) is 9.29. The molecule has 0 spiro atoms. The molecule has 2 heterocycles. The van der Waals surface area contributed by atoms with Gasteiger partial charge in [-0.2, -0.15) is 4.99 Å². The Labute approximate surface area is 296 Å². The number of nitrogens with zero attached hydrogens (tertiary/aromatic N) is 3. The molecule has 2 aromatic heterocycles. The minimum atomic E-state index is -0.278. The number of nitrogens with one attached hydrogen (secondary N) is 2. The number of carbonyl (C=O) groups excluding carboxylic acids is 2. The molecule has 8 rings (SSSR count). The molecule has 0 saturated carbocycles. The Morgan fingerprint density at radius 3 is 1.68 bits per heavy atom. The van der Waals surface area contributed by atoms with Gasteiger partial charge in [0.2, 0.25) is 6.08 Å². The van der Waals surface area contributed by atoms with Crippen LogP contribution in [-0.4, -0.2) is 22.1 Å². The van der Waals surface area contributed by atoms with Crippen molar-refractivity contribution in [2.24, 2.45) is 4.99 Å². The first-order valence-corrected chi connectivity index (χ1v) is 17.1. The van der Waals surface area contributed by atoms with Crippen LogP contribution in [0, 0.1) is 0 Å². The highest BCUT2D eigenvalue weighted by molar-refractivity contribution is 7.22. The number of amides is 2. The highest BCUT2D eigenvalue weighted by atomic mass is 32.1. The van der Waals surface area contributed by atoms with E-state index in [1.807, 2.05) is 133 Å². The summed E-state index contributed by atoms with van der Waals surface area (Å²) < 4.78 is 2.32. The molecule has 8 nitrogen and oxygen atoms in total. The summed E-state index contributed by atoms with van der Waals surface area (Å²) in [6, 6.07) is 49.7. The number of benzene rings is 6. The van der Waals surface area contributed by atoms with Crippen molar-refractivity contribution in [1.82, 2.24) is 9.97 Å². The number of isocyanates is 1. The van der Waals surface area contributed by atoms with E-state index in [1.165, 1.54) is 10.8 Å². The molecule has 8 aromatic rings. The van der Waals surface area contributed by atoms with Gasteiger partial charge < -0.3 is 16.4 Å². The Morgan fingerprint density at radius 1 is 0.580 bits per heavy atom. The highest BCUT2D eigenvalue weighted by Crippen LogP contribution is 2.35. The third-order valence-electron chi connectivity index (χ3n) is 7.15. The number of fused-ring (bicyclic) bond motifs is 2. The number of carbonyl (C=O) groups is 1. The second-order valence-electron chi connectivity index (χ2n) is 10.6. The first-order chi connectivity index (χ1) is 24.6. The number of nitrogen functional groups attached to an aromatic ring is 1. The number of thiazole rings is 2. The molecule has 4 N–H and O–H groups in total. The zero-order chi connectivity index (χ0) is 34.5. The van der Waals surface area contributed by atoms with Crippen molar-refractivity contribution in [3.05, 3.63) is 158 Å². The first-order valence-electron chi connectivity index (χ1n) is 15.5. The molecular weight excluding hydrogens is 661 g/mol. The molecule has 0 atom stereocenters. The summed E-state index contributed by atoms with van der Waals surface area (Å²) in [4.78, 5) is 34.6. The lowest BCUT2D eigenvalue weighted by Gasteiger charge is -2.10. The summed E-state index contributed by atoms with van der Waals surface area (Å²) in [5.74, 6) is 0. The van der Waals surface area contributed by atoms with E-state index in [-0.39, 0.29) is 6.03 Å². The van der Waals surface area contributed by atoms with E-state index in [4.69, 9.17) is 5.73 Å². The molecule has 0 aliphatic rings. The van der Waals surface area contributed by atoms with E-state index >= 15 is 0 Å². The Bertz CT molecular complexity index is 2320. The average molecular weight is 691 g/mol. The Balaban J connectivity index is 0.000000147. The van der Waals surface area contributed by atoms with E-state index in [1.54, 1.807) is 34.8 Å². The molecular formula is C40H30N6O2S2. The van der Waals surface area contributed by atoms with Gasteiger partial charge in [-0.05, 0) is 72.8 Å². The fourth-order valence-electron chi connectivity index (χ4n) is 4.81. The number of para-hydroxylation sites is 6. The normalized spacial score (nSPS) is 10.2. The number of nitrogens with two attached hydrogens (primary N) is 1. The van der Waals surface area contributed by atoms with Crippen LogP contribution in [0.25, 0.3) is 41.6 Å². The van der Waals surface area contributed by atoms with Crippen molar-refractivity contribution in [1.29, 1.82) is 0 Å². The van der Waals surface area contributed by atoms with Crippen LogP contribution in [0.2, 0.25) is 0 Å². The molecule has 0 bridgehead atoms. The topological polar surface area (TPSA) is 122 Å². The van der Waals surface area contributed by atoms with Gasteiger partial charge in [0.15, 0.2) is 0 Å². The second kappa shape index (κ2) is 16.6. The Hall–Kier alpha value is -6.45. The van der Waals surface area contributed by atoms with Crippen molar-refractivity contribution in [2.75, 3.05) is 16.4 Å². The van der Waals surface area contributed by atoms with Gasteiger partial charge in [-0.1, -0.05) is 84.9 Å². The first kappa shape index (κ1) is 33.5. The fourth-order valence-corrected chi connectivity index (χ4v) is 6.82. The second-order valence-corrected chi connectivity index (χ2v) is 12.7. The number of aromatic nitrogens is 2. The van der Waals surface area contributed by atoms with Crippen LogP contribution in [-0.2, 0) is 4.79 Å². The van der Waals surface area contributed by atoms with Gasteiger partial charge in [0.25, 0.3) is 0 Å².